The number of hydrogen-bond acceptors (Lipinski definition) is 4. The molecule has 1 aliphatic rings. The Morgan fingerprint density at radius 1 is 1.53 bits per heavy atom. The fourth-order valence-corrected chi connectivity index (χ4v) is 3.56. The van der Waals surface area contributed by atoms with E-state index in [9.17, 15) is 4.21 Å². The molecular weight excluding hydrogens is 260 g/mol. The summed E-state index contributed by atoms with van der Waals surface area (Å²) in [4.78, 5) is 3.05. The van der Waals surface area contributed by atoms with Crippen molar-refractivity contribution in [2.75, 3.05) is 37.7 Å². The van der Waals surface area contributed by atoms with Crippen molar-refractivity contribution in [2.24, 2.45) is 0 Å². The van der Waals surface area contributed by atoms with Crippen molar-refractivity contribution < 1.29 is 8.95 Å². The first-order valence-electron chi connectivity index (χ1n) is 6.68. The molecule has 1 aliphatic heterocycles. The highest BCUT2D eigenvalue weighted by Gasteiger charge is 2.22. The van der Waals surface area contributed by atoms with Gasteiger partial charge in [0.2, 0.25) is 0 Å². The Kier molecular flexibility index (Phi) is 4.96. The van der Waals surface area contributed by atoms with E-state index in [-0.39, 0.29) is 6.10 Å². The third-order valence-electron chi connectivity index (χ3n) is 3.42. The van der Waals surface area contributed by atoms with E-state index < -0.39 is 10.8 Å². The van der Waals surface area contributed by atoms with E-state index in [2.05, 4.69) is 11.8 Å². The summed E-state index contributed by atoms with van der Waals surface area (Å²) in [6.07, 6.45) is 0.0373. The lowest BCUT2D eigenvalue weighted by molar-refractivity contribution is -0.0141. The first kappa shape index (κ1) is 14.5. The van der Waals surface area contributed by atoms with Crippen molar-refractivity contribution in [2.45, 2.75) is 24.8 Å². The largest absolute Gasteiger partial charge is 0.398 e. The summed E-state index contributed by atoms with van der Waals surface area (Å²) < 4.78 is 18.1. The number of likely N-dealkylation sites (N-methyl/N-ethyl adjacent to an activating group) is 1. The van der Waals surface area contributed by atoms with Gasteiger partial charge in [-0.1, -0.05) is 13.0 Å². The summed E-state index contributed by atoms with van der Waals surface area (Å²) >= 11 is 0. The lowest BCUT2D eigenvalue weighted by atomic mass is 10.2. The molecule has 2 N–H and O–H groups in total. The van der Waals surface area contributed by atoms with Crippen LogP contribution >= 0.6 is 0 Å². The summed E-state index contributed by atoms with van der Waals surface area (Å²) in [5.41, 5.74) is 7.64. The van der Waals surface area contributed by atoms with Crippen molar-refractivity contribution in [3.63, 3.8) is 0 Å². The van der Waals surface area contributed by atoms with Crippen LogP contribution in [0.4, 0.5) is 5.69 Å². The maximum atomic E-state index is 12.4. The highest BCUT2D eigenvalue weighted by Crippen LogP contribution is 2.19. The average molecular weight is 282 g/mol. The Morgan fingerprint density at radius 3 is 3.00 bits per heavy atom. The molecule has 1 fully saturated rings. The molecule has 5 heteroatoms. The van der Waals surface area contributed by atoms with Crippen LogP contribution in [-0.2, 0) is 15.5 Å². The van der Waals surface area contributed by atoms with Crippen LogP contribution in [0.15, 0.2) is 23.1 Å². The lowest BCUT2D eigenvalue weighted by Gasteiger charge is -2.31. The van der Waals surface area contributed by atoms with Gasteiger partial charge in [0, 0.05) is 18.8 Å². The van der Waals surface area contributed by atoms with Crippen molar-refractivity contribution in [3.8, 4) is 0 Å². The fourth-order valence-electron chi connectivity index (χ4n) is 2.30. The third kappa shape index (κ3) is 3.78. The number of aryl methyl sites for hydroxylation is 1. The maximum Gasteiger partial charge on any atom is 0.0821 e. The van der Waals surface area contributed by atoms with Gasteiger partial charge in [-0.25, -0.2) is 0 Å². The number of ether oxygens (including phenoxy) is 1. The second-order valence-electron chi connectivity index (χ2n) is 4.94. The second-order valence-corrected chi connectivity index (χ2v) is 6.40. The van der Waals surface area contributed by atoms with Crippen LogP contribution in [0.5, 0.6) is 0 Å². The Labute approximate surface area is 117 Å². The first-order chi connectivity index (χ1) is 9.10. The minimum Gasteiger partial charge on any atom is -0.398 e. The second kappa shape index (κ2) is 6.50. The van der Waals surface area contributed by atoms with E-state index in [1.807, 2.05) is 25.1 Å². The summed E-state index contributed by atoms with van der Waals surface area (Å²) in [7, 11) is -1.09. The van der Waals surface area contributed by atoms with Crippen molar-refractivity contribution in [1.82, 2.24) is 4.90 Å². The van der Waals surface area contributed by atoms with Crippen LogP contribution in [-0.4, -0.2) is 47.2 Å². The molecule has 2 atom stereocenters. The van der Waals surface area contributed by atoms with Gasteiger partial charge in [0.05, 0.1) is 34.2 Å². The minimum atomic E-state index is -1.09. The summed E-state index contributed by atoms with van der Waals surface area (Å²) in [6, 6.07) is 5.68. The van der Waals surface area contributed by atoms with Crippen LogP contribution < -0.4 is 5.73 Å². The van der Waals surface area contributed by atoms with E-state index >= 15 is 0 Å². The van der Waals surface area contributed by atoms with Crippen molar-refractivity contribution in [1.29, 1.82) is 0 Å². The third-order valence-corrected chi connectivity index (χ3v) is 4.95. The van der Waals surface area contributed by atoms with Crippen LogP contribution in [0.2, 0.25) is 0 Å². The minimum absolute atomic E-state index is 0.0373. The number of nitrogen functional groups attached to an aromatic ring is 1. The quantitative estimate of drug-likeness (QED) is 0.848. The number of morpholine rings is 1. The molecule has 1 heterocycles. The van der Waals surface area contributed by atoms with Gasteiger partial charge in [0.25, 0.3) is 0 Å². The van der Waals surface area contributed by atoms with Crippen LogP contribution in [0.25, 0.3) is 0 Å². The Hall–Kier alpha value is -0.910. The van der Waals surface area contributed by atoms with E-state index in [1.165, 1.54) is 0 Å². The van der Waals surface area contributed by atoms with Crippen molar-refractivity contribution >= 4 is 16.5 Å². The maximum absolute atomic E-state index is 12.4. The summed E-state index contributed by atoms with van der Waals surface area (Å²) in [6.45, 7) is 7.67. The number of anilines is 1. The zero-order valence-electron chi connectivity index (χ0n) is 11.6. The molecular formula is C14H22N2O2S. The molecule has 19 heavy (non-hydrogen) atoms. The average Bonchev–Trinajstić information content (AvgIpc) is 2.38. The number of nitrogens with zero attached hydrogens (tertiary/aromatic N) is 1. The zero-order chi connectivity index (χ0) is 13.8. The Balaban J connectivity index is 2.00. The molecule has 0 aliphatic carbocycles. The molecule has 2 unspecified atom stereocenters. The van der Waals surface area contributed by atoms with Crippen LogP contribution in [0, 0.1) is 6.92 Å². The molecule has 0 bridgehead atoms. The standard InChI is InChI=1S/C14H22N2O2S/c1-3-16-6-7-18-12(9-16)10-19(17)14-5-4-11(2)8-13(14)15/h4-5,8,12H,3,6-7,9-10,15H2,1-2H3. The van der Waals surface area contributed by atoms with Gasteiger partial charge < -0.3 is 10.5 Å². The van der Waals surface area contributed by atoms with E-state index in [0.29, 0.717) is 11.4 Å². The van der Waals surface area contributed by atoms with E-state index in [4.69, 9.17) is 10.5 Å². The number of rotatable bonds is 4. The molecule has 1 aromatic rings. The molecule has 1 aromatic carbocycles. The Bertz CT molecular complexity index is 465. The molecule has 1 saturated heterocycles. The highest BCUT2D eigenvalue weighted by molar-refractivity contribution is 7.85. The molecule has 0 spiro atoms. The van der Waals surface area contributed by atoms with Gasteiger partial charge in [0.15, 0.2) is 0 Å². The monoisotopic (exact) mass is 282 g/mol. The highest BCUT2D eigenvalue weighted by atomic mass is 32.2. The lowest BCUT2D eigenvalue weighted by Crippen LogP contribution is -2.44. The number of benzene rings is 1. The number of hydrogen-bond donors (Lipinski definition) is 1. The Morgan fingerprint density at radius 2 is 2.32 bits per heavy atom. The topological polar surface area (TPSA) is 55.6 Å². The van der Waals surface area contributed by atoms with Gasteiger partial charge >= 0.3 is 0 Å². The number of nitrogens with two attached hydrogens (primary N) is 1. The molecule has 0 aromatic heterocycles. The summed E-state index contributed by atoms with van der Waals surface area (Å²) in [5.74, 6) is 0.518. The molecule has 0 radical (unpaired) electrons. The summed E-state index contributed by atoms with van der Waals surface area (Å²) in [5, 5.41) is 0. The normalized spacial score (nSPS) is 22.3. The van der Waals surface area contributed by atoms with Gasteiger partial charge in [-0.3, -0.25) is 9.11 Å². The predicted molar refractivity (Wildman–Crippen MR) is 78.7 cm³/mol. The first-order valence-corrected chi connectivity index (χ1v) is 8.00. The van der Waals surface area contributed by atoms with E-state index in [1.54, 1.807) is 0 Å². The zero-order valence-corrected chi connectivity index (χ0v) is 12.4. The van der Waals surface area contributed by atoms with Gasteiger partial charge in [-0.05, 0) is 31.2 Å². The SMILES string of the molecule is CCN1CCOC(CS(=O)c2ccc(C)cc2N)C1. The fraction of sp³-hybridized carbons (Fsp3) is 0.571. The van der Waals surface area contributed by atoms with Gasteiger partial charge in [-0.2, -0.15) is 0 Å². The van der Waals surface area contributed by atoms with E-state index in [0.717, 1.165) is 36.7 Å². The van der Waals surface area contributed by atoms with Crippen LogP contribution in [0.3, 0.4) is 0 Å². The smallest absolute Gasteiger partial charge is 0.0821 e. The molecule has 4 nitrogen and oxygen atoms in total. The molecule has 106 valence electrons. The molecule has 0 saturated carbocycles. The predicted octanol–water partition coefficient (Wildman–Crippen LogP) is 1.41. The van der Waals surface area contributed by atoms with Crippen molar-refractivity contribution in [3.05, 3.63) is 23.8 Å². The van der Waals surface area contributed by atoms with Gasteiger partial charge in [-0.15, -0.1) is 0 Å². The van der Waals surface area contributed by atoms with Gasteiger partial charge in [0.1, 0.15) is 0 Å². The van der Waals surface area contributed by atoms with Crippen LogP contribution in [0.1, 0.15) is 12.5 Å². The molecule has 0 amide bonds. The molecule has 2 rings (SSSR count).